The van der Waals surface area contributed by atoms with E-state index in [9.17, 15) is 15.0 Å². The molecule has 0 aliphatic heterocycles. The topological polar surface area (TPSA) is 69.6 Å². The molecule has 0 aliphatic rings. The van der Waals surface area contributed by atoms with Crippen LogP contribution >= 0.6 is 0 Å². The molecule has 4 heteroatoms. The molecule has 0 radical (unpaired) electrons. The van der Waals surface area contributed by atoms with E-state index in [1.54, 1.807) is 0 Å². The van der Waals surface area contributed by atoms with Crippen LogP contribution in [-0.2, 0) is 4.79 Å². The van der Waals surface area contributed by atoms with Crippen molar-refractivity contribution in [3.63, 3.8) is 0 Å². The highest BCUT2D eigenvalue weighted by molar-refractivity contribution is 5.76. The number of aliphatic hydroxyl groups is 2. The lowest BCUT2D eigenvalue weighted by atomic mass is 10.0. The fourth-order valence-corrected chi connectivity index (χ4v) is 8.57. The highest BCUT2D eigenvalue weighted by Gasteiger charge is 2.20. The lowest BCUT2D eigenvalue weighted by Gasteiger charge is -2.22. The van der Waals surface area contributed by atoms with Gasteiger partial charge in [0.25, 0.3) is 0 Å². The number of carbonyl (C=O) groups excluding carboxylic acids is 1. The highest BCUT2D eigenvalue weighted by atomic mass is 16.3. The van der Waals surface area contributed by atoms with Gasteiger partial charge in [0.15, 0.2) is 0 Å². The summed E-state index contributed by atoms with van der Waals surface area (Å²) in [4.78, 5) is 12.4. The van der Waals surface area contributed by atoms with Crippen molar-refractivity contribution in [2.45, 2.75) is 315 Å². The Labute approximate surface area is 370 Å². The van der Waals surface area contributed by atoms with Gasteiger partial charge in [-0.25, -0.2) is 0 Å². The Bertz CT molecular complexity index is 855. The largest absolute Gasteiger partial charge is 0.394 e. The Morgan fingerprint density at radius 2 is 0.695 bits per heavy atom. The third-order valence-corrected chi connectivity index (χ3v) is 12.7. The van der Waals surface area contributed by atoms with Gasteiger partial charge in [0.2, 0.25) is 5.91 Å². The second-order valence-electron chi connectivity index (χ2n) is 18.7. The zero-order valence-corrected chi connectivity index (χ0v) is 40.3. The zero-order valence-electron chi connectivity index (χ0n) is 40.3. The molecule has 1 amide bonds. The van der Waals surface area contributed by atoms with Crippen molar-refractivity contribution in [3.05, 3.63) is 24.3 Å². The molecule has 0 aromatic carbocycles. The van der Waals surface area contributed by atoms with Gasteiger partial charge < -0.3 is 15.5 Å². The van der Waals surface area contributed by atoms with Crippen LogP contribution < -0.4 is 5.32 Å². The summed E-state index contributed by atoms with van der Waals surface area (Å²) in [5.41, 5.74) is 0. The van der Waals surface area contributed by atoms with Gasteiger partial charge in [0, 0.05) is 6.42 Å². The standard InChI is InChI=1S/C55H107NO3/c1-3-5-7-9-11-13-15-17-19-21-22-23-24-25-26-27-28-29-30-31-32-33-34-35-36-38-40-42-44-46-48-50-54(58)53(52-57)56-55(59)51-49-47-45-43-41-39-37-20-18-16-14-12-10-8-6-4-2/h14,16,20,37,53-54,57-58H,3-13,15,17-19,21-36,38-52H2,1-2H3,(H,56,59)/b16-14-,37-20-. The molecule has 350 valence electrons. The van der Waals surface area contributed by atoms with Crippen molar-refractivity contribution in [2.24, 2.45) is 0 Å². The van der Waals surface area contributed by atoms with Crippen LogP contribution in [0.2, 0.25) is 0 Å². The predicted molar refractivity (Wildman–Crippen MR) is 262 cm³/mol. The van der Waals surface area contributed by atoms with Crippen molar-refractivity contribution < 1.29 is 15.0 Å². The minimum absolute atomic E-state index is 0.0413. The lowest BCUT2D eigenvalue weighted by molar-refractivity contribution is -0.123. The summed E-state index contributed by atoms with van der Waals surface area (Å²) >= 11 is 0. The van der Waals surface area contributed by atoms with Crippen molar-refractivity contribution in [1.82, 2.24) is 5.32 Å². The number of amides is 1. The number of rotatable bonds is 50. The van der Waals surface area contributed by atoms with Gasteiger partial charge in [-0.2, -0.15) is 0 Å². The summed E-state index contributed by atoms with van der Waals surface area (Å²) in [7, 11) is 0. The van der Waals surface area contributed by atoms with E-state index >= 15 is 0 Å². The van der Waals surface area contributed by atoms with E-state index in [0.717, 1.165) is 44.9 Å². The maximum Gasteiger partial charge on any atom is 0.220 e. The summed E-state index contributed by atoms with van der Waals surface area (Å²) in [6.07, 6.45) is 67.4. The summed E-state index contributed by atoms with van der Waals surface area (Å²) in [5.74, 6) is -0.0413. The van der Waals surface area contributed by atoms with Gasteiger partial charge in [-0.05, 0) is 44.9 Å². The number of carbonyl (C=O) groups is 1. The van der Waals surface area contributed by atoms with Crippen molar-refractivity contribution in [3.8, 4) is 0 Å². The minimum atomic E-state index is -0.665. The number of nitrogens with one attached hydrogen (secondary N) is 1. The smallest absolute Gasteiger partial charge is 0.220 e. The molecule has 0 aliphatic carbocycles. The first kappa shape index (κ1) is 57.9. The van der Waals surface area contributed by atoms with Crippen LogP contribution in [0, 0.1) is 0 Å². The normalized spacial score (nSPS) is 12.9. The van der Waals surface area contributed by atoms with Gasteiger partial charge in [-0.15, -0.1) is 0 Å². The monoisotopic (exact) mass is 830 g/mol. The van der Waals surface area contributed by atoms with E-state index in [4.69, 9.17) is 0 Å². The molecule has 0 spiro atoms. The van der Waals surface area contributed by atoms with E-state index in [0.29, 0.717) is 12.8 Å². The average Bonchev–Trinajstić information content (AvgIpc) is 3.24. The van der Waals surface area contributed by atoms with Crippen LogP contribution in [0.5, 0.6) is 0 Å². The first-order chi connectivity index (χ1) is 29.2. The fourth-order valence-electron chi connectivity index (χ4n) is 8.57. The molecule has 3 N–H and O–H groups in total. The van der Waals surface area contributed by atoms with E-state index < -0.39 is 12.1 Å². The molecular formula is C55H107NO3. The summed E-state index contributed by atoms with van der Waals surface area (Å²) in [6.45, 7) is 4.36. The Hall–Kier alpha value is -1.13. The molecule has 0 aromatic heterocycles. The Balaban J connectivity index is 3.41. The number of allylic oxidation sites excluding steroid dienone is 4. The molecule has 59 heavy (non-hydrogen) atoms. The second kappa shape index (κ2) is 51.2. The van der Waals surface area contributed by atoms with E-state index in [-0.39, 0.29) is 12.5 Å². The van der Waals surface area contributed by atoms with Crippen LogP contribution in [-0.4, -0.2) is 34.9 Å². The van der Waals surface area contributed by atoms with Gasteiger partial charge in [-0.3, -0.25) is 4.79 Å². The van der Waals surface area contributed by atoms with Gasteiger partial charge >= 0.3 is 0 Å². The molecule has 0 bridgehead atoms. The summed E-state index contributed by atoms with van der Waals surface area (Å²) in [5, 5.41) is 23.3. The molecule has 0 saturated heterocycles. The van der Waals surface area contributed by atoms with Crippen LogP contribution in [0.15, 0.2) is 24.3 Å². The number of aliphatic hydroxyl groups excluding tert-OH is 2. The van der Waals surface area contributed by atoms with Crippen molar-refractivity contribution in [2.75, 3.05) is 6.61 Å². The maximum atomic E-state index is 12.4. The van der Waals surface area contributed by atoms with Gasteiger partial charge in [-0.1, -0.05) is 276 Å². The van der Waals surface area contributed by atoms with Gasteiger partial charge in [0.05, 0.1) is 18.8 Å². The van der Waals surface area contributed by atoms with Crippen LogP contribution in [0.1, 0.15) is 303 Å². The first-order valence-electron chi connectivity index (χ1n) is 27.0. The zero-order chi connectivity index (χ0) is 42.8. The quantitative estimate of drug-likeness (QED) is 0.0422. The molecular weight excluding hydrogens is 723 g/mol. The van der Waals surface area contributed by atoms with Crippen molar-refractivity contribution in [1.29, 1.82) is 0 Å². The average molecular weight is 830 g/mol. The van der Waals surface area contributed by atoms with E-state index in [2.05, 4.69) is 43.5 Å². The molecule has 0 fully saturated rings. The number of hydrogen-bond donors (Lipinski definition) is 3. The lowest BCUT2D eigenvalue weighted by Crippen LogP contribution is -2.45. The van der Waals surface area contributed by atoms with Gasteiger partial charge in [0.1, 0.15) is 0 Å². The molecule has 4 nitrogen and oxygen atoms in total. The second-order valence-corrected chi connectivity index (χ2v) is 18.7. The summed E-state index contributed by atoms with van der Waals surface area (Å²) < 4.78 is 0. The van der Waals surface area contributed by atoms with Crippen molar-refractivity contribution >= 4 is 5.91 Å². The molecule has 0 aromatic rings. The minimum Gasteiger partial charge on any atom is -0.394 e. The number of hydrogen-bond acceptors (Lipinski definition) is 3. The maximum absolute atomic E-state index is 12.4. The molecule has 0 rings (SSSR count). The predicted octanol–water partition coefficient (Wildman–Crippen LogP) is 17.5. The molecule has 0 heterocycles. The number of unbranched alkanes of at least 4 members (excludes halogenated alkanes) is 39. The Morgan fingerprint density at radius 3 is 1.03 bits per heavy atom. The fraction of sp³-hybridized carbons (Fsp3) is 0.909. The molecule has 0 saturated carbocycles. The third kappa shape index (κ3) is 47.8. The third-order valence-electron chi connectivity index (χ3n) is 12.7. The molecule has 2 unspecified atom stereocenters. The highest BCUT2D eigenvalue weighted by Crippen LogP contribution is 2.18. The molecule has 2 atom stereocenters. The van der Waals surface area contributed by atoms with E-state index in [1.165, 1.54) is 231 Å². The Morgan fingerprint density at radius 1 is 0.407 bits per heavy atom. The first-order valence-corrected chi connectivity index (χ1v) is 27.0. The van der Waals surface area contributed by atoms with Crippen LogP contribution in [0.4, 0.5) is 0 Å². The van der Waals surface area contributed by atoms with E-state index in [1.807, 2.05) is 0 Å². The van der Waals surface area contributed by atoms with Crippen LogP contribution in [0.3, 0.4) is 0 Å². The SMILES string of the molecule is CCCCCC/C=C\C/C=C\CCCCCCCC(=O)NC(CO)C(O)CCCCCCCCCCCCCCCCCCCCCCCCCCCCCCCCC. The van der Waals surface area contributed by atoms with Crippen LogP contribution in [0.25, 0.3) is 0 Å². The summed E-state index contributed by atoms with van der Waals surface area (Å²) in [6, 6.07) is -0.543. The Kier molecular flexibility index (Phi) is 50.2.